The van der Waals surface area contributed by atoms with Crippen LogP contribution in [-0.4, -0.2) is 0 Å². The van der Waals surface area contributed by atoms with Crippen molar-refractivity contribution in [3.05, 3.63) is 35.4 Å². The van der Waals surface area contributed by atoms with Crippen LogP contribution < -0.4 is 0 Å². The summed E-state index contributed by atoms with van der Waals surface area (Å²) in [6.45, 7) is 2.24. The average Bonchev–Trinajstić information content (AvgIpc) is 2.31. The van der Waals surface area contributed by atoms with Crippen molar-refractivity contribution in [1.29, 1.82) is 0 Å². The molecule has 0 atom stereocenters. The van der Waals surface area contributed by atoms with E-state index >= 15 is 0 Å². The van der Waals surface area contributed by atoms with E-state index in [2.05, 4.69) is 6.92 Å². The number of hydrogen-bond acceptors (Lipinski definition) is 0. The van der Waals surface area contributed by atoms with Crippen LogP contribution in [0.1, 0.15) is 51.0 Å². The number of halogens is 2. The van der Waals surface area contributed by atoms with Gasteiger partial charge in [0.05, 0.1) is 0 Å². The monoisotopic (exact) mass is 252 g/mol. The molecule has 1 aliphatic carbocycles. The summed E-state index contributed by atoms with van der Waals surface area (Å²) in [5.74, 6) is 0.587. The third kappa shape index (κ3) is 3.79. The van der Waals surface area contributed by atoms with Gasteiger partial charge in [-0.1, -0.05) is 32.6 Å². The Balaban J connectivity index is 1.87. The Morgan fingerprint density at radius 2 is 1.50 bits per heavy atom. The lowest BCUT2D eigenvalue weighted by atomic mass is 9.78. The first-order chi connectivity index (χ1) is 8.67. The Labute approximate surface area is 108 Å². The van der Waals surface area contributed by atoms with E-state index in [1.54, 1.807) is 0 Å². The zero-order valence-corrected chi connectivity index (χ0v) is 11.1. The fourth-order valence-corrected chi connectivity index (χ4v) is 3.19. The summed E-state index contributed by atoms with van der Waals surface area (Å²) < 4.78 is 26.2. The Morgan fingerprint density at radius 1 is 0.944 bits per heavy atom. The van der Waals surface area contributed by atoms with Crippen molar-refractivity contribution in [2.75, 3.05) is 0 Å². The van der Waals surface area contributed by atoms with Crippen molar-refractivity contribution in [3.63, 3.8) is 0 Å². The van der Waals surface area contributed by atoms with Gasteiger partial charge in [-0.2, -0.15) is 0 Å². The van der Waals surface area contributed by atoms with Crippen LogP contribution in [0.4, 0.5) is 8.78 Å². The molecule has 18 heavy (non-hydrogen) atoms. The number of hydrogen-bond donors (Lipinski definition) is 0. The molecule has 1 aromatic rings. The molecule has 0 heterocycles. The topological polar surface area (TPSA) is 0 Å². The maximum absolute atomic E-state index is 13.1. The van der Waals surface area contributed by atoms with Crippen molar-refractivity contribution in [3.8, 4) is 0 Å². The lowest BCUT2D eigenvalue weighted by molar-refractivity contribution is 0.261. The van der Waals surface area contributed by atoms with Gasteiger partial charge < -0.3 is 0 Å². The Hall–Kier alpha value is -0.920. The molecule has 0 spiro atoms. The lowest BCUT2D eigenvalue weighted by Crippen LogP contribution is -2.16. The van der Waals surface area contributed by atoms with E-state index in [0.717, 1.165) is 24.0 Å². The SMILES string of the molecule is CCCC1CCC(Cc2cc(F)cc(F)c2)CC1. The van der Waals surface area contributed by atoms with Crippen LogP contribution in [0.25, 0.3) is 0 Å². The maximum atomic E-state index is 13.1. The van der Waals surface area contributed by atoms with Crippen molar-refractivity contribution >= 4 is 0 Å². The first-order valence-electron chi connectivity index (χ1n) is 7.12. The van der Waals surface area contributed by atoms with Crippen LogP contribution in [0.3, 0.4) is 0 Å². The highest BCUT2D eigenvalue weighted by Crippen LogP contribution is 2.33. The fraction of sp³-hybridized carbons (Fsp3) is 0.625. The van der Waals surface area contributed by atoms with E-state index in [4.69, 9.17) is 0 Å². The maximum Gasteiger partial charge on any atom is 0.126 e. The van der Waals surface area contributed by atoms with Gasteiger partial charge in [0, 0.05) is 6.07 Å². The molecule has 0 aromatic heterocycles. The van der Waals surface area contributed by atoms with Gasteiger partial charge in [0.1, 0.15) is 11.6 Å². The standard InChI is InChI=1S/C16H22F2/c1-2-3-12-4-6-13(7-5-12)8-14-9-15(17)11-16(18)10-14/h9-13H,2-8H2,1H3. The number of rotatable bonds is 4. The fourth-order valence-electron chi connectivity index (χ4n) is 3.19. The summed E-state index contributed by atoms with van der Waals surface area (Å²) in [6, 6.07) is 3.89. The van der Waals surface area contributed by atoms with Gasteiger partial charge in [-0.05, 0) is 48.8 Å². The predicted octanol–water partition coefficient (Wildman–Crippen LogP) is 5.11. The first kappa shape index (κ1) is 13.5. The summed E-state index contributed by atoms with van der Waals surface area (Å²) in [4.78, 5) is 0. The van der Waals surface area contributed by atoms with E-state index in [1.807, 2.05) is 0 Å². The molecule has 100 valence electrons. The predicted molar refractivity (Wildman–Crippen MR) is 70.4 cm³/mol. The van der Waals surface area contributed by atoms with Gasteiger partial charge in [-0.3, -0.25) is 0 Å². The highest BCUT2D eigenvalue weighted by Gasteiger charge is 2.21. The highest BCUT2D eigenvalue weighted by atomic mass is 19.1. The highest BCUT2D eigenvalue weighted by molar-refractivity contribution is 5.18. The summed E-state index contributed by atoms with van der Waals surface area (Å²) in [7, 11) is 0. The normalized spacial score (nSPS) is 24.2. The molecule has 0 aliphatic heterocycles. The van der Waals surface area contributed by atoms with Gasteiger partial charge >= 0.3 is 0 Å². The molecule has 0 amide bonds. The smallest absolute Gasteiger partial charge is 0.126 e. The van der Waals surface area contributed by atoms with Crippen LogP contribution in [0.5, 0.6) is 0 Å². The third-order valence-corrected chi connectivity index (χ3v) is 4.11. The lowest BCUT2D eigenvalue weighted by Gasteiger charge is -2.28. The van der Waals surface area contributed by atoms with E-state index in [-0.39, 0.29) is 0 Å². The van der Waals surface area contributed by atoms with Crippen molar-refractivity contribution < 1.29 is 8.78 Å². The van der Waals surface area contributed by atoms with E-state index < -0.39 is 11.6 Å². The minimum atomic E-state index is -0.454. The molecule has 0 nitrogen and oxygen atoms in total. The van der Waals surface area contributed by atoms with Gasteiger partial charge in [-0.25, -0.2) is 8.78 Å². The summed E-state index contributed by atoms with van der Waals surface area (Å²) in [5.41, 5.74) is 0.812. The van der Waals surface area contributed by atoms with E-state index in [1.165, 1.54) is 50.7 Å². The zero-order valence-electron chi connectivity index (χ0n) is 11.1. The van der Waals surface area contributed by atoms with Crippen LogP contribution in [0.15, 0.2) is 18.2 Å². The van der Waals surface area contributed by atoms with Crippen LogP contribution >= 0.6 is 0 Å². The van der Waals surface area contributed by atoms with E-state index in [0.29, 0.717) is 5.92 Å². The Bertz CT molecular complexity index is 358. The van der Waals surface area contributed by atoms with Gasteiger partial charge in [0.25, 0.3) is 0 Å². The molecule has 0 saturated heterocycles. The molecule has 1 saturated carbocycles. The second-order valence-electron chi connectivity index (χ2n) is 5.66. The Morgan fingerprint density at radius 3 is 2.06 bits per heavy atom. The molecule has 1 fully saturated rings. The summed E-state index contributed by atoms with van der Waals surface area (Å²) in [5, 5.41) is 0. The molecule has 2 heteroatoms. The molecule has 0 unspecified atom stereocenters. The van der Waals surface area contributed by atoms with Crippen molar-refractivity contribution in [2.24, 2.45) is 11.8 Å². The van der Waals surface area contributed by atoms with Gasteiger partial charge in [-0.15, -0.1) is 0 Å². The summed E-state index contributed by atoms with van der Waals surface area (Å²) in [6.07, 6.45) is 8.43. The molecular formula is C16H22F2. The Kier molecular flexibility index (Phi) is 4.73. The second kappa shape index (κ2) is 6.31. The van der Waals surface area contributed by atoms with Crippen molar-refractivity contribution in [1.82, 2.24) is 0 Å². The zero-order chi connectivity index (χ0) is 13.0. The van der Waals surface area contributed by atoms with E-state index in [9.17, 15) is 8.78 Å². The molecular weight excluding hydrogens is 230 g/mol. The van der Waals surface area contributed by atoms with Crippen LogP contribution in [-0.2, 0) is 6.42 Å². The molecule has 0 radical (unpaired) electrons. The second-order valence-corrected chi connectivity index (χ2v) is 5.66. The van der Waals surface area contributed by atoms with Crippen molar-refractivity contribution in [2.45, 2.75) is 51.9 Å². The molecule has 1 aromatic carbocycles. The molecule has 0 N–H and O–H groups in total. The largest absolute Gasteiger partial charge is 0.207 e. The van der Waals surface area contributed by atoms with Crippen LogP contribution in [0, 0.1) is 23.5 Å². The summed E-state index contributed by atoms with van der Waals surface area (Å²) >= 11 is 0. The van der Waals surface area contributed by atoms with Gasteiger partial charge in [0.2, 0.25) is 0 Å². The first-order valence-corrected chi connectivity index (χ1v) is 7.12. The molecule has 2 rings (SSSR count). The average molecular weight is 252 g/mol. The number of benzene rings is 1. The minimum Gasteiger partial charge on any atom is -0.207 e. The minimum absolute atomic E-state index is 0.454. The quantitative estimate of drug-likeness (QED) is 0.698. The van der Waals surface area contributed by atoms with Gasteiger partial charge in [0.15, 0.2) is 0 Å². The molecule has 0 bridgehead atoms. The van der Waals surface area contributed by atoms with Crippen LogP contribution in [0.2, 0.25) is 0 Å². The molecule has 1 aliphatic rings. The third-order valence-electron chi connectivity index (χ3n) is 4.11.